The maximum Gasteiger partial charge on any atom is 0.407 e. The zero-order chi connectivity index (χ0) is 46.7. The predicted molar refractivity (Wildman–Crippen MR) is 255 cm³/mol. The van der Waals surface area contributed by atoms with Crippen LogP contribution >= 0.6 is 11.3 Å². The monoisotopic (exact) mass is 931 g/mol. The third-order valence-electron chi connectivity index (χ3n) is 14.9. The number of thiophene rings is 1. The van der Waals surface area contributed by atoms with Gasteiger partial charge < -0.3 is 44.2 Å². The molecule has 0 radical (unpaired) electrons. The minimum absolute atomic E-state index is 0.0711. The normalized spacial score (nSPS) is 20.5. The van der Waals surface area contributed by atoms with Crippen molar-refractivity contribution < 1.29 is 33.5 Å². The summed E-state index contributed by atoms with van der Waals surface area (Å²) < 4.78 is 15.9. The van der Waals surface area contributed by atoms with Gasteiger partial charge in [0, 0.05) is 41.1 Å². The van der Waals surface area contributed by atoms with Crippen LogP contribution < -0.4 is 10.6 Å². The van der Waals surface area contributed by atoms with Crippen LogP contribution in [0.15, 0.2) is 47.2 Å². The molecular formula is C50H61N9O7S. The molecule has 3 amide bonds. The summed E-state index contributed by atoms with van der Waals surface area (Å²) in [6, 6.07) is 8.99. The van der Waals surface area contributed by atoms with Gasteiger partial charge in [0.2, 0.25) is 18.2 Å². The third kappa shape index (κ3) is 8.20. The highest BCUT2D eigenvalue weighted by Crippen LogP contribution is 2.57. The number of benzene rings is 2. The van der Waals surface area contributed by atoms with Gasteiger partial charge in [-0.1, -0.05) is 57.8 Å². The van der Waals surface area contributed by atoms with Gasteiger partial charge in [-0.15, -0.1) is 11.3 Å². The van der Waals surface area contributed by atoms with Crippen molar-refractivity contribution in [1.82, 2.24) is 45.5 Å². The largest absolute Gasteiger partial charge is 0.453 e. The number of aromatic amines is 2. The number of rotatable bonds is 13. The van der Waals surface area contributed by atoms with Crippen molar-refractivity contribution in [1.29, 1.82) is 0 Å². The summed E-state index contributed by atoms with van der Waals surface area (Å²) in [7, 11) is 2.70. The summed E-state index contributed by atoms with van der Waals surface area (Å²) in [5, 5.41) is 21.1. The van der Waals surface area contributed by atoms with E-state index in [0.29, 0.717) is 24.5 Å². The van der Waals surface area contributed by atoms with Crippen molar-refractivity contribution in [3.05, 3.63) is 65.5 Å². The topological polar surface area (TPSA) is 204 Å². The first-order chi connectivity index (χ1) is 32.4. The summed E-state index contributed by atoms with van der Waals surface area (Å²) in [5.74, 6) is 1.05. The molecule has 6 heterocycles. The number of imidazole rings is 2. The molecule has 16 nitrogen and oxygen atoms in total. The highest BCUT2D eigenvalue weighted by Gasteiger charge is 2.44. The number of aliphatic hydroxyl groups excluding tert-OH is 1. The molecule has 4 aromatic heterocycles. The van der Waals surface area contributed by atoms with Crippen LogP contribution in [0.3, 0.4) is 0 Å². The summed E-state index contributed by atoms with van der Waals surface area (Å²) >= 11 is 1.83. The zero-order valence-corrected chi connectivity index (χ0v) is 39.9. The molecule has 10 rings (SSSR count). The van der Waals surface area contributed by atoms with Crippen LogP contribution in [0.1, 0.15) is 114 Å². The Labute approximate surface area is 393 Å². The molecule has 6 aromatic rings. The summed E-state index contributed by atoms with van der Waals surface area (Å²) in [5.41, 5.74) is 9.44. The molecule has 5 unspecified atom stereocenters. The lowest BCUT2D eigenvalue weighted by Crippen LogP contribution is -2.52. The fourth-order valence-corrected chi connectivity index (χ4v) is 12.8. The lowest BCUT2D eigenvalue weighted by atomic mass is 9.83. The third-order valence-corrected chi connectivity index (χ3v) is 16.2. The van der Waals surface area contributed by atoms with E-state index in [4.69, 9.17) is 24.0 Å². The molecule has 5 atom stereocenters. The van der Waals surface area contributed by atoms with Gasteiger partial charge in [0.25, 0.3) is 0 Å². The molecule has 2 aliphatic heterocycles. The van der Waals surface area contributed by atoms with E-state index < -0.39 is 24.6 Å². The van der Waals surface area contributed by atoms with Crippen molar-refractivity contribution in [2.45, 2.75) is 122 Å². The number of carbonyl (C=O) groups excluding carboxylic acids is 3. The summed E-state index contributed by atoms with van der Waals surface area (Å²) in [4.78, 5) is 63.2. The summed E-state index contributed by atoms with van der Waals surface area (Å²) in [6.07, 6.45) is 12.1. The molecule has 354 valence electrons. The number of likely N-dealkylation sites (tertiary alicyclic amines) is 2. The number of amides is 3. The Morgan fingerprint density at radius 2 is 1.52 bits per heavy atom. The highest BCUT2D eigenvalue weighted by molar-refractivity contribution is 7.19. The summed E-state index contributed by atoms with van der Waals surface area (Å²) in [6.45, 7) is 8.93. The zero-order valence-electron chi connectivity index (χ0n) is 39.1. The molecule has 2 saturated heterocycles. The van der Waals surface area contributed by atoms with E-state index >= 15 is 0 Å². The Hall–Kier alpha value is -5.62. The van der Waals surface area contributed by atoms with Crippen LogP contribution in [0.4, 0.5) is 4.79 Å². The predicted octanol–water partition coefficient (Wildman–Crippen LogP) is 8.39. The van der Waals surface area contributed by atoms with Crippen molar-refractivity contribution in [3.63, 3.8) is 0 Å². The van der Waals surface area contributed by atoms with Crippen LogP contribution in [-0.4, -0.2) is 104 Å². The maximum atomic E-state index is 13.9. The molecule has 0 bridgehead atoms. The molecule has 3 fully saturated rings. The van der Waals surface area contributed by atoms with E-state index in [1.54, 1.807) is 0 Å². The van der Waals surface area contributed by atoms with E-state index in [1.165, 1.54) is 60.8 Å². The first-order valence-corrected chi connectivity index (χ1v) is 24.7. The molecule has 17 heteroatoms. The lowest BCUT2D eigenvalue weighted by molar-refractivity contribution is -0.145. The maximum absolute atomic E-state index is 13.9. The molecule has 1 saturated carbocycles. The van der Waals surface area contributed by atoms with E-state index in [2.05, 4.69) is 56.1 Å². The van der Waals surface area contributed by atoms with Gasteiger partial charge in [-0.25, -0.2) is 14.8 Å². The number of hydrogen-bond donors (Lipinski definition) is 5. The number of ether oxygens (including phenoxy) is 2. The van der Waals surface area contributed by atoms with Crippen LogP contribution in [-0.2, 0) is 31.9 Å². The van der Waals surface area contributed by atoms with Crippen LogP contribution in [0, 0.1) is 17.3 Å². The Balaban J connectivity index is 0.958. The standard InChI is InChI=1S/C50H61N9O7S/c1-26(2)39(56-48(62)64-5)46(60)58-19-9-11-37(58)44-51-25-36(55-44)30-15-14-29(33-24-52-66-41(30)33)43-32-23-50(17-7-8-18-50)22-31(32)42(67-43)28-13-16-34-35(21-28)54-45(53-34)38-12-10-20-59(38)47(61)40(27(3)4)57-49(63)65-6/h13-16,21,24-27,37-40,48,56,62H,7-12,17-20,22-23H2,1-6H3,(H,51,55)(H,53,54)(H,57,63). The lowest BCUT2D eigenvalue weighted by Gasteiger charge is -2.31. The van der Waals surface area contributed by atoms with Crippen molar-refractivity contribution in [2.75, 3.05) is 27.3 Å². The van der Waals surface area contributed by atoms with Crippen molar-refractivity contribution >= 4 is 51.2 Å². The Kier molecular flexibility index (Phi) is 12.2. The molecule has 2 aliphatic carbocycles. The van der Waals surface area contributed by atoms with Gasteiger partial charge in [-0.3, -0.25) is 14.9 Å². The van der Waals surface area contributed by atoms with Crippen LogP contribution in [0.2, 0.25) is 0 Å². The molecule has 1 spiro atoms. The van der Waals surface area contributed by atoms with E-state index in [9.17, 15) is 19.5 Å². The van der Waals surface area contributed by atoms with Crippen LogP contribution in [0.25, 0.3) is 54.1 Å². The Bertz CT molecular complexity index is 2820. The minimum atomic E-state index is -1.25. The number of carbonyl (C=O) groups is 3. The number of alkyl carbamates (subject to hydrolysis) is 1. The second-order valence-electron chi connectivity index (χ2n) is 19.8. The fraction of sp³-hybridized carbons (Fsp3) is 0.520. The smallest absolute Gasteiger partial charge is 0.407 e. The van der Waals surface area contributed by atoms with Crippen molar-refractivity contribution in [2.24, 2.45) is 17.3 Å². The van der Waals surface area contributed by atoms with Gasteiger partial charge >= 0.3 is 6.09 Å². The van der Waals surface area contributed by atoms with Gasteiger partial charge in [0.05, 0.1) is 59.7 Å². The number of hydrogen-bond acceptors (Lipinski definition) is 12. The Morgan fingerprint density at radius 3 is 2.21 bits per heavy atom. The van der Waals surface area contributed by atoms with E-state index in [-0.39, 0.29) is 41.1 Å². The molecule has 67 heavy (non-hydrogen) atoms. The number of nitrogens with one attached hydrogen (secondary N) is 4. The number of nitrogens with zero attached hydrogens (tertiary/aromatic N) is 5. The van der Waals surface area contributed by atoms with Gasteiger partial charge in [-0.2, -0.15) is 0 Å². The molecule has 4 aliphatic rings. The highest BCUT2D eigenvalue weighted by atomic mass is 32.1. The average Bonchev–Trinajstić information content (AvgIpc) is 4.18. The number of methoxy groups -OCH3 is 2. The van der Waals surface area contributed by atoms with Gasteiger partial charge in [0.1, 0.15) is 17.7 Å². The number of fused-ring (bicyclic) bond motifs is 3. The Morgan fingerprint density at radius 1 is 0.851 bits per heavy atom. The number of aromatic nitrogens is 5. The van der Waals surface area contributed by atoms with Crippen LogP contribution in [0.5, 0.6) is 0 Å². The number of H-pyrrole nitrogens is 2. The van der Waals surface area contributed by atoms with E-state index in [1.807, 2.05) is 61.2 Å². The second kappa shape index (κ2) is 18.1. The first-order valence-electron chi connectivity index (χ1n) is 23.9. The fourth-order valence-electron chi connectivity index (χ4n) is 11.4. The van der Waals surface area contributed by atoms with Gasteiger partial charge in [0.15, 0.2) is 5.58 Å². The molecule has 5 N–H and O–H groups in total. The molecular weight excluding hydrogens is 871 g/mol. The van der Waals surface area contributed by atoms with Crippen molar-refractivity contribution in [3.8, 4) is 32.1 Å². The first kappa shape index (κ1) is 45.2. The molecule has 2 aromatic carbocycles. The second-order valence-corrected chi connectivity index (χ2v) is 20.8. The minimum Gasteiger partial charge on any atom is -0.453 e. The van der Waals surface area contributed by atoms with Gasteiger partial charge in [-0.05, 0) is 104 Å². The SMILES string of the molecule is COC(=O)NC(C(=O)N1CCCC1c1nc2ccc(-c3sc(-c4ccc(-c5cnc(C6CCCN6C(=O)C(NC(O)OC)C(C)C)[nH]5)c5oncc45)c4c3CC3(CCCC3)C4)cc2[nH]1)C(C)C. The number of aliphatic hydroxyl groups is 1. The van der Waals surface area contributed by atoms with E-state index in [0.717, 1.165) is 83.2 Å². The quantitative estimate of drug-likeness (QED) is 0.0696. The average molecular weight is 932 g/mol.